The molecule has 1 aromatic rings. The summed E-state index contributed by atoms with van der Waals surface area (Å²) in [5.74, 6) is 1.93. The molecular formula is C18H32N4O3. The average molecular weight is 352 g/mol. The molecule has 0 spiro atoms. The smallest absolute Gasteiger partial charge is 0.407 e. The first kappa shape index (κ1) is 19.7. The SMILES string of the molecule is CC(C)(C)OC(=O)NCCC[C@H](N)c1nc(CC2CCCCC2)no1. The Balaban J connectivity index is 1.67. The molecule has 0 unspecified atom stereocenters. The highest BCUT2D eigenvalue weighted by atomic mass is 16.6. The molecule has 1 aliphatic carbocycles. The van der Waals surface area contributed by atoms with Crippen LogP contribution in [-0.2, 0) is 11.2 Å². The molecule has 1 fully saturated rings. The van der Waals surface area contributed by atoms with Crippen LogP contribution in [0.5, 0.6) is 0 Å². The zero-order chi connectivity index (χ0) is 18.3. The number of amides is 1. The van der Waals surface area contributed by atoms with Crippen LogP contribution in [0, 0.1) is 5.92 Å². The van der Waals surface area contributed by atoms with Crippen LogP contribution >= 0.6 is 0 Å². The third kappa shape index (κ3) is 7.42. The molecule has 0 saturated heterocycles. The van der Waals surface area contributed by atoms with E-state index in [1.807, 2.05) is 20.8 Å². The van der Waals surface area contributed by atoms with Gasteiger partial charge in [0, 0.05) is 13.0 Å². The monoisotopic (exact) mass is 352 g/mol. The first-order chi connectivity index (χ1) is 11.8. The second-order valence-electron chi connectivity index (χ2n) is 7.93. The summed E-state index contributed by atoms with van der Waals surface area (Å²) in [6.45, 7) is 6.01. The Morgan fingerprint density at radius 1 is 1.36 bits per heavy atom. The fraction of sp³-hybridized carbons (Fsp3) is 0.833. The number of alkyl carbamates (subject to hydrolysis) is 1. The minimum atomic E-state index is -0.487. The van der Waals surface area contributed by atoms with Gasteiger partial charge in [0.2, 0.25) is 5.89 Å². The van der Waals surface area contributed by atoms with E-state index in [-0.39, 0.29) is 6.04 Å². The van der Waals surface area contributed by atoms with Gasteiger partial charge in [-0.2, -0.15) is 4.98 Å². The van der Waals surface area contributed by atoms with Gasteiger partial charge in [-0.25, -0.2) is 4.79 Å². The summed E-state index contributed by atoms with van der Waals surface area (Å²) in [4.78, 5) is 16.0. The topological polar surface area (TPSA) is 103 Å². The van der Waals surface area contributed by atoms with Crippen molar-refractivity contribution < 1.29 is 14.1 Å². The van der Waals surface area contributed by atoms with Gasteiger partial charge in [-0.15, -0.1) is 0 Å². The van der Waals surface area contributed by atoms with Crippen LogP contribution in [0.25, 0.3) is 0 Å². The van der Waals surface area contributed by atoms with Crippen LogP contribution in [0.2, 0.25) is 0 Å². The van der Waals surface area contributed by atoms with Gasteiger partial charge in [0.25, 0.3) is 0 Å². The van der Waals surface area contributed by atoms with Crippen molar-refractivity contribution in [2.75, 3.05) is 6.54 Å². The van der Waals surface area contributed by atoms with Crippen molar-refractivity contribution in [1.82, 2.24) is 15.5 Å². The highest BCUT2D eigenvalue weighted by Gasteiger charge is 2.20. The molecule has 1 saturated carbocycles. The summed E-state index contributed by atoms with van der Waals surface area (Å²) in [7, 11) is 0. The molecule has 7 nitrogen and oxygen atoms in total. The van der Waals surface area contributed by atoms with Crippen LogP contribution in [0.15, 0.2) is 4.52 Å². The lowest BCUT2D eigenvalue weighted by atomic mass is 9.87. The van der Waals surface area contributed by atoms with Gasteiger partial charge in [-0.1, -0.05) is 37.3 Å². The van der Waals surface area contributed by atoms with E-state index in [1.165, 1.54) is 32.1 Å². The molecule has 142 valence electrons. The summed E-state index contributed by atoms with van der Waals surface area (Å²) in [5.41, 5.74) is 5.63. The van der Waals surface area contributed by atoms with E-state index in [0.717, 1.165) is 18.7 Å². The summed E-state index contributed by atoms with van der Waals surface area (Å²) in [5, 5.41) is 6.79. The maximum Gasteiger partial charge on any atom is 0.407 e. The van der Waals surface area contributed by atoms with Crippen LogP contribution in [0.3, 0.4) is 0 Å². The lowest BCUT2D eigenvalue weighted by Crippen LogP contribution is -2.33. The van der Waals surface area contributed by atoms with Crippen molar-refractivity contribution in [3.63, 3.8) is 0 Å². The van der Waals surface area contributed by atoms with Crippen molar-refractivity contribution in [1.29, 1.82) is 0 Å². The van der Waals surface area contributed by atoms with Crippen molar-refractivity contribution in [3.8, 4) is 0 Å². The Morgan fingerprint density at radius 3 is 2.76 bits per heavy atom. The Kier molecular flexibility index (Phi) is 7.23. The van der Waals surface area contributed by atoms with E-state index >= 15 is 0 Å². The second kappa shape index (κ2) is 9.17. The first-order valence-corrected chi connectivity index (χ1v) is 9.38. The third-order valence-corrected chi connectivity index (χ3v) is 4.36. The Morgan fingerprint density at radius 2 is 2.08 bits per heavy atom. The maximum absolute atomic E-state index is 11.6. The molecular weight excluding hydrogens is 320 g/mol. The van der Waals surface area contributed by atoms with Crippen LogP contribution in [0.1, 0.15) is 83.5 Å². The molecule has 2 rings (SSSR count). The highest BCUT2D eigenvalue weighted by molar-refractivity contribution is 5.67. The Hall–Kier alpha value is -1.63. The molecule has 0 radical (unpaired) electrons. The van der Waals surface area contributed by atoms with Crippen molar-refractivity contribution >= 4 is 6.09 Å². The molecule has 25 heavy (non-hydrogen) atoms. The van der Waals surface area contributed by atoms with E-state index in [9.17, 15) is 4.79 Å². The zero-order valence-corrected chi connectivity index (χ0v) is 15.7. The normalized spacial score (nSPS) is 17.3. The van der Waals surface area contributed by atoms with Crippen LogP contribution < -0.4 is 11.1 Å². The number of carbonyl (C=O) groups excluding carboxylic acids is 1. The fourth-order valence-electron chi connectivity index (χ4n) is 3.10. The number of hydrogen-bond donors (Lipinski definition) is 2. The highest BCUT2D eigenvalue weighted by Crippen LogP contribution is 2.26. The molecule has 1 amide bonds. The van der Waals surface area contributed by atoms with Gasteiger partial charge >= 0.3 is 6.09 Å². The van der Waals surface area contributed by atoms with Gasteiger partial charge < -0.3 is 20.3 Å². The Labute approximate surface area is 150 Å². The van der Waals surface area contributed by atoms with Crippen molar-refractivity contribution in [2.45, 2.75) is 83.8 Å². The summed E-state index contributed by atoms with van der Waals surface area (Å²) >= 11 is 0. The standard InChI is InChI=1S/C18H32N4O3/c1-18(2,3)24-17(23)20-11-7-10-14(19)16-21-15(22-25-16)12-13-8-5-4-6-9-13/h13-14H,4-12,19H2,1-3H3,(H,20,23)/t14-/m0/s1. The number of nitrogens with zero attached hydrogens (tertiary/aromatic N) is 2. The number of ether oxygens (including phenoxy) is 1. The second-order valence-corrected chi connectivity index (χ2v) is 7.93. The van der Waals surface area contributed by atoms with Crippen LogP contribution in [-0.4, -0.2) is 28.4 Å². The van der Waals surface area contributed by atoms with Crippen LogP contribution in [0.4, 0.5) is 4.79 Å². The van der Waals surface area contributed by atoms with Gasteiger partial charge in [0.1, 0.15) is 5.60 Å². The molecule has 0 bridgehead atoms. The third-order valence-electron chi connectivity index (χ3n) is 4.36. The van der Waals surface area contributed by atoms with Crippen molar-refractivity contribution in [3.05, 3.63) is 11.7 Å². The van der Waals surface area contributed by atoms with Gasteiger partial charge in [0.15, 0.2) is 5.82 Å². The van der Waals surface area contributed by atoms with Crippen molar-refractivity contribution in [2.24, 2.45) is 11.7 Å². The molecule has 1 atom stereocenters. The quantitative estimate of drug-likeness (QED) is 0.728. The maximum atomic E-state index is 11.6. The minimum absolute atomic E-state index is 0.298. The van der Waals surface area contributed by atoms with E-state index in [0.29, 0.717) is 24.8 Å². The summed E-state index contributed by atoms with van der Waals surface area (Å²) in [6, 6.07) is -0.298. The number of carbonyl (C=O) groups is 1. The minimum Gasteiger partial charge on any atom is -0.444 e. The summed E-state index contributed by atoms with van der Waals surface area (Å²) in [6.07, 6.45) is 8.33. The molecule has 1 aromatic heterocycles. The zero-order valence-electron chi connectivity index (χ0n) is 15.7. The predicted octanol–water partition coefficient (Wildman–Crippen LogP) is 3.50. The van der Waals surface area contributed by atoms with E-state index in [2.05, 4.69) is 15.5 Å². The number of nitrogens with one attached hydrogen (secondary N) is 1. The van der Waals surface area contributed by atoms with E-state index in [1.54, 1.807) is 0 Å². The van der Waals surface area contributed by atoms with E-state index in [4.69, 9.17) is 15.0 Å². The molecule has 0 aliphatic heterocycles. The number of hydrogen-bond acceptors (Lipinski definition) is 6. The van der Waals surface area contributed by atoms with E-state index < -0.39 is 11.7 Å². The molecule has 1 heterocycles. The molecule has 7 heteroatoms. The van der Waals surface area contributed by atoms with Gasteiger partial charge in [-0.05, 0) is 39.5 Å². The lowest BCUT2D eigenvalue weighted by Gasteiger charge is -2.19. The van der Waals surface area contributed by atoms with Gasteiger partial charge in [0.05, 0.1) is 6.04 Å². The number of nitrogens with two attached hydrogens (primary N) is 1. The Bertz CT molecular complexity index is 533. The largest absolute Gasteiger partial charge is 0.444 e. The number of rotatable bonds is 7. The predicted molar refractivity (Wildman–Crippen MR) is 95.0 cm³/mol. The number of aromatic nitrogens is 2. The molecule has 3 N–H and O–H groups in total. The molecule has 1 aliphatic rings. The fourth-order valence-corrected chi connectivity index (χ4v) is 3.10. The first-order valence-electron chi connectivity index (χ1n) is 9.38. The average Bonchev–Trinajstić information content (AvgIpc) is 2.99. The summed E-state index contributed by atoms with van der Waals surface area (Å²) < 4.78 is 10.5. The molecule has 0 aromatic carbocycles. The van der Waals surface area contributed by atoms with Gasteiger partial charge in [-0.3, -0.25) is 0 Å². The lowest BCUT2D eigenvalue weighted by molar-refractivity contribution is 0.0526.